The minimum absolute atomic E-state index is 0.176. The lowest BCUT2D eigenvalue weighted by molar-refractivity contribution is 0.182. The third kappa shape index (κ3) is 3.38. The van der Waals surface area contributed by atoms with Crippen molar-refractivity contribution in [1.82, 2.24) is 0 Å². The number of hydrogen-bond donors (Lipinski definition) is 0. The molecule has 3 heteroatoms. The summed E-state index contributed by atoms with van der Waals surface area (Å²) in [6.07, 6.45) is -1.49. The van der Waals surface area contributed by atoms with Gasteiger partial charge in [-0.2, -0.15) is 0 Å². The zero-order valence-electron chi connectivity index (χ0n) is 5.41. The number of halogens is 3. The van der Waals surface area contributed by atoms with Crippen molar-refractivity contribution in [2.45, 2.75) is 19.5 Å². The minimum atomic E-state index is -1.32. The minimum Gasteiger partial charge on any atom is -0.251 e. The molecular formula is C6H11F3. The van der Waals surface area contributed by atoms with Gasteiger partial charge in [0.2, 0.25) is 0 Å². The molecule has 0 saturated carbocycles. The molecule has 0 aliphatic rings. The molecule has 0 fully saturated rings. The van der Waals surface area contributed by atoms with Crippen LogP contribution in [-0.2, 0) is 0 Å². The maximum absolute atomic E-state index is 12.3. The van der Waals surface area contributed by atoms with Crippen LogP contribution in [0.2, 0.25) is 0 Å². The summed E-state index contributed by atoms with van der Waals surface area (Å²) in [6.45, 7) is 0.0208. The zero-order valence-corrected chi connectivity index (χ0v) is 5.41. The molecule has 0 aromatic heterocycles. The Bertz CT molecular complexity index is 65.3. The molecule has 0 saturated heterocycles. The summed E-state index contributed by atoms with van der Waals surface area (Å²) in [7, 11) is 0. The summed E-state index contributed by atoms with van der Waals surface area (Å²) in [5, 5.41) is 0. The van der Waals surface area contributed by atoms with Crippen molar-refractivity contribution in [3.63, 3.8) is 0 Å². The Morgan fingerprint density at radius 2 is 1.89 bits per heavy atom. The maximum atomic E-state index is 12.3. The molecule has 0 rings (SSSR count). The fourth-order valence-electron chi connectivity index (χ4n) is 0.485. The maximum Gasteiger partial charge on any atom is 0.108 e. The van der Waals surface area contributed by atoms with Crippen LogP contribution in [0, 0.1) is 5.92 Å². The molecule has 0 aromatic carbocycles. The summed E-state index contributed by atoms with van der Waals surface area (Å²) >= 11 is 0. The standard InChI is InChI=1S/C6H11F3/c1-5(4-8)6(9)2-3-7/h5-6H,2-4H2,1H3. The van der Waals surface area contributed by atoms with Gasteiger partial charge >= 0.3 is 0 Å². The summed E-state index contributed by atoms with van der Waals surface area (Å²) in [5.41, 5.74) is 0. The second kappa shape index (κ2) is 4.65. The molecule has 0 aromatic rings. The quantitative estimate of drug-likeness (QED) is 0.562. The van der Waals surface area contributed by atoms with Crippen LogP contribution in [0.25, 0.3) is 0 Å². The van der Waals surface area contributed by atoms with Crippen LogP contribution in [-0.4, -0.2) is 19.5 Å². The Labute approximate surface area is 53.1 Å². The fraction of sp³-hybridized carbons (Fsp3) is 1.00. The number of rotatable bonds is 4. The summed E-state index contributed by atoms with van der Waals surface area (Å²) in [5.74, 6) is -0.652. The van der Waals surface area contributed by atoms with Gasteiger partial charge in [0.05, 0.1) is 13.3 Å². The van der Waals surface area contributed by atoms with Gasteiger partial charge < -0.3 is 0 Å². The molecule has 0 aliphatic carbocycles. The smallest absolute Gasteiger partial charge is 0.108 e. The van der Waals surface area contributed by atoms with Gasteiger partial charge in [0.25, 0.3) is 0 Å². The molecule has 0 heterocycles. The average Bonchev–Trinajstić information content (AvgIpc) is 1.87. The predicted octanol–water partition coefficient (Wildman–Crippen LogP) is 2.29. The van der Waals surface area contributed by atoms with E-state index in [-0.39, 0.29) is 6.42 Å². The van der Waals surface area contributed by atoms with Gasteiger partial charge in [0, 0.05) is 12.3 Å². The van der Waals surface area contributed by atoms with Crippen molar-refractivity contribution in [2.24, 2.45) is 5.92 Å². The first-order chi connectivity index (χ1) is 4.22. The Hall–Kier alpha value is -0.210. The van der Waals surface area contributed by atoms with Crippen LogP contribution in [0.1, 0.15) is 13.3 Å². The van der Waals surface area contributed by atoms with Gasteiger partial charge in [0.1, 0.15) is 6.17 Å². The van der Waals surface area contributed by atoms with Crippen molar-refractivity contribution in [3.05, 3.63) is 0 Å². The van der Waals surface area contributed by atoms with Gasteiger partial charge in [-0.05, 0) is 0 Å². The van der Waals surface area contributed by atoms with Crippen LogP contribution in [0.3, 0.4) is 0 Å². The molecular weight excluding hydrogens is 129 g/mol. The highest BCUT2D eigenvalue weighted by molar-refractivity contribution is 4.62. The van der Waals surface area contributed by atoms with Gasteiger partial charge in [-0.3, -0.25) is 8.78 Å². The second-order valence-corrected chi connectivity index (χ2v) is 2.13. The van der Waals surface area contributed by atoms with E-state index in [1.54, 1.807) is 0 Å². The average molecular weight is 140 g/mol. The van der Waals surface area contributed by atoms with E-state index in [4.69, 9.17) is 0 Å². The van der Waals surface area contributed by atoms with Crippen LogP contribution in [0.5, 0.6) is 0 Å². The van der Waals surface area contributed by atoms with E-state index < -0.39 is 25.4 Å². The largest absolute Gasteiger partial charge is 0.251 e. The molecule has 2 unspecified atom stereocenters. The zero-order chi connectivity index (χ0) is 7.28. The molecule has 0 radical (unpaired) electrons. The topological polar surface area (TPSA) is 0 Å². The van der Waals surface area contributed by atoms with Crippen molar-refractivity contribution in [3.8, 4) is 0 Å². The van der Waals surface area contributed by atoms with Crippen LogP contribution in [0.15, 0.2) is 0 Å². The Balaban J connectivity index is 3.32. The van der Waals surface area contributed by atoms with Gasteiger partial charge in [-0.1, -0.05) is 6.92 Å². The molecule has 9 heavy (non-hydrogen) atoms. The third-order valence-corrected chi connectivity index (χ3v) is 1.25. The first-order valence-corrected chi connectivity index (χ1v) is 2.98. The van der Waals surface area contributed by atoms with Crippen molar-refractivity contribution in [2.75, 3.05) is 13.3 Å². The lowest BCUT2D eigenvalue weighted by atomic mass is 10.1. The predicted molar refractivity (Wildman–Crippen MR) is 30.6 cm³/mol. The Kier molecular flexibility index (Phi) is 4.54. The van der Waals surface area contributed by atoms with Gasteiger partial charge in [0.15, 0.2) is 0 Å². The highest BCUT2D eigenvalue weighted by Crippen LogP contribution is 2.11. The highest BCUT2D eigenvalue weighted by Gasteiger charge is 2.14. The summed E-state index contributed by atoms with van der Waals surface area (Å²) in [4.78, 5) is 0. The second-order valence-electron chi connectivity index (χ2n) is 2.13. The van der Waals surface area contributed by atoms with Crippen LogP contribution < -0.4 is 0 Å². The Morgan fingerprint density at radius 3 is 2.22 bits per heavy atom. The molecule has 0 amide bonds. The third-order valence-electron chi connectivity index (χ3n) is 1.25. The summed E-state index contributed by atoms with van der Waals surface area (Å²) in [6, 6.07) is 0. The molecule has 0 bridgehead atoms. The van der Waals surface area contributed by atoms with Crippen molar-refractivity contribution < 1.29 is 13.2 Å². The van der Waals surface area contributed by atoms with E-state index in [1.165, 1.54) is 6.92 Å². The van der Waals surface area contributed by atoms with E-state index in [1.807, 2.05) is 0 Å². The molecule has 56 valence electrons. The van der Waals surface area contributed by atoms with E-state index in [0.29, 0.717) is 0 Å². The highest BCUT2D eigenvalue weighted by atomic mass is 19.1. The molecule has 0 nitrogen and oxygen atoms in total. The fourth-order valence-corrected chi connectivity index (χ4v) is 0.485. The van der Waals surface area contributed by atoms with Crippen molar-refractivity contribution >= 4 is 0 Å². The van der Waals surface area contributed by atoms with E-state index >= 15 is 0 Å². The molecule has 0 aliphatic heterocycles. The van der Waals surface area contributed by atoms with Crippen LogP contribution >= 0.6 is 0 Å². The molecule has 0 N–H and O–H groups in total. The molecule has 2 atom stereocenters. The molecule has 0 spiro atoms. The lowest BCUT2D eigenvalue weighted by Gasteiger charge is -2.09. The van der Waals surface area contributed by atoms with Crippen LogP contribution in [0.4, 0.5) is 13.2 Å². The van der Waals surface area contributed by atoms with Gasteiger partial charge in [-0.25, -0.2) is 4.39 Å². The first kappa shape index (κ1) is 8.79. The summed E-state index contributed by atoms with van der Waals surface area (Å²) < 4.78 is 35.3. The Morgan fingerprint density at radius 1 is 1.33 bits per heavy atom. The van der Waals surface area contributed by atoms with Crippen molar-refractivity contribution in [1.29, 1.82) is 0 Å². The van der Waals surface area contributed by atoms with E-state index in [9.17, 15) is 13.2 Å². The van der Waals surface area contributed by atoms with E-state index in [0.717, 1.165) is 0 Å². The first-order valence-electron chi connectivity index (χ1n) is 2.98. The normalized spacial score (nSPS) is 17.3. The number of alkyl halides is 3. The number of hydrogen-bond acceptors (Lipinski definition) is 0. The SMILES string of the molecule is CC(CF)C(F)CCF. The van der Waals surface area contributed by atoms with Gasteiger partial charge in [-0.15, -0.1) is 0 Å². The van der Waals surface area contributed by atoms with E-state index in [2.05, 4.69) is 0 Å². The monoisotopic (exact) mass is 140 g/mol. The lowest BCUT2D eigenvalue weighted by Crippen LogP contribution is -2.14.